The first kappa shape index (κ1) is 21.1. The van der Waals surface area contributed by atoms with Crippen LogP contribution < -0.4 is 0 Å². The molecular weight excluding hydrogens is 347 g/mol. The number of ether oxygens (including phenoxy) is 1. The summed E-state index contributed by atoms with van der Waals surface area (Å²) >= 11 is 0. The molecule has 9 heteroatoms. The lowest BCUT2D eigenvalue weighted by Gasteiger charge is -2.28. The van der Waals surface area contributed by atoms with Gasteiger partial charge in [0, 0.05) is 12.6 Å². The van der Waals surface area contributed by atoms with Crippen molar-refractivity contribution in [1.29, 1.82) is 0 Å². The molecule has 0 N–H and O–H groups in total. The molecule has 1 amide bonds. The summed E-state index contributed by atoms with van der Waals surface area (Å²) in [4.78, 5) is 13.7. The molecule has 0 saturated carbocycles. The highest BCUT2D eigenvalue weighted by atomic mass is 32.2. The summed E-state index contributed by atoms with van der Waals surface area (Å²) < 4.78 is 64.9. The van der Waals surface area contributed by atoms with Crippen LogP contribution in [-0.2, 0) is 14.6 Å². The number of hydrogen-bond donors (Lipinski definition) is 0. The smallest absolute Gasteiger partial charge is 0.410 e. The molecule has 1 saturated heterocycles. The predicted molar refractivity (Wildman–Crippen MR) is 84.5 cm³/mol. The summed E-state index contributed by atoms with van der Waals surface area (Å²) in [5.41, 5.74) is -0.606. The normalized spacial score (nSPS) is 19.6. The minimum absolute atomic E-state index is 0.113. The topological polar surface area (TPSA) is 63.7 Å². The van der Waals surface area contributed by atoms with Gasteiger partial charge in [0.25, 0.3) is 0 Å². The van der Waals surface area contributed by atoms with E-state index in [1.807, 2.05) is 0 Å². The van der Waals surface area contributed by atoms with Crippen LogP contribution in [0.5, 0.6) is 0 Å². The first-order valence-corrected chi connectivity index (χ1v) is 9.88. The molecule has 0 aliphatic carbocycles. The van der Waals surface area contributed by atoms with Crippen LogP contribution in [-0.4, -0.2) is 55.3 Å². The van der Waals surface area contributed by atoms with Crippen LogP contribution in [0.25, 0.3) is 0 Å². The van der Waals surface area contributed by atoms with Crippen molar-refractivity contribution in [3.8, 4) is 0 Å². The zero-order chi connectivity index (χ0) is 18.6. The molecule has 1 atom stereocenters. The van der Waals surface area contributed by atoms with Crippen LogP contribution in [0.2, 0.25) is 0 Å². The number of rotatable bonds is 6. The predicted octanol–water partition coefficient (Wildman–Crippen LogP) is 3.53. The van der Waals surface area contributed by atoms with Crippen molar-refractivity contribution in [2.24, 2.45) is 0 Å². The molecule has 142 valence electrons. The van der Waals surface area contributed by atoms with Gasteiger partial charge in [0.15, 0.2) is 9.84 Å². The minimum atomic E-state index is -4.47. The van der Waals surface area contributed by atoms with Gasteiger partial charge in [-0.1, -0.05) is 0 Å². The molecule has 0 aromatic carbocycles. The van der Waals surface area contributed by atoms with E-state index in [2.05, 4.69) is 0 Å². The Morgan fingerprint density at radius 1 is 1.21 bits per heavy atom. The van der Waals surface area contributed by atoms with Gasteiger partial charge < -0.3 is 9.64 Å². The van der Waals surface area contributed by atoms with Gasteiger partial charge in [0.05, 0.1) is 17.9 Å². The van der Waals surface area contributed by atoms with E-state index in [0.717, 1.165) is 12.8 Å². The fourth-order valence-electron chi connectivity index (χ4n) is 2.61. The van der Waals surface area contributed by atoms with Crippen molar-refractivity contribution in [1.82, 2.24) is 4.90 Å². The number of likely N-dealkylation sites (tertiary alicyclic amines) is 1. The van der Waals surface area contributed by atoms with E-state index >= 15 is 0 Å². The Hall–Kier alpha value is -0.990. The Kier molecular flexibility index (Phi) is 6.95. The van der Waals surface area contributed by atoms with E-state index in [1.165, 1.54) is 0 Å². The van der Waals surface area contributed by atoms with Gasteiger partial charge in [-0.05, 0) is 46.5 Å². The summed E-state index contributed by atoms with van der Waals surface area (Å²) in [7, 11) is -3.73. The summed E-state index contributed by atoms with van der Waals surface area (Å²) in [6.07, 6.45) is -3.96. The first-order valence-electron chi connectivity index (χ1n) is 8.06. The third-order valence-corrected chi connectivity index (χ3v) is 5.43. The van der Waals surface area contributed by atoms with Gasteiger partial charge in [-0.25, -0.2) is 13.2 Å². The maximum atomic E-state index is 12.1. The molecule has 0 aromatic rings. The number of nitrogens with zero attached hydrogens (tertiary/aromatic N) is 1. The van der Waals surface area contributed by atoms with Crippen LogP contribution in [0.3, 0.4) is 0 Å². The Labute approximate surface area is 141 Å². The summed E-state index contributed by atoms with van der Waals surface area (Å²) in [5, 5.41) is 0. The van der Waals surface area contributed by atoms with Crippen LogP contribution in [0, 0.1) is 0 Å². The van der Waals surface area contributed by atoms with E-state index in [1.54, 1.807) is 25.7 Å². The number of amides is 1. The maximum Gasteiger partial charge on any atom is 0.410 e. The molecule has 5 nitrogen and oxygen atoms in total. The molecule has 1 fully saturated rings. The fraction of sp³-hybridized carbons (Fsp3) is 0.933. The van der Waals surface area contributed by atoms with Crippen LogP contribution >= 0.6 is 0 Å². The Morgan fingerprint density at radius 2 is 1.83 bits per heavy atom. The van der Waals surface area contributed by atoms with Crippen molar-refractivity contribution in [2.45, 2.75) is 70.7 Å². The molecule has 1 aliphatic heterocycles. The molecule has 0 spiro atoms. The van der Waals surface area contributed by atoms with Gasteiger partial charge in [-0.3, -0.25) is 0 Å². The van der Waals surface area contributed by atoms with Crippen LogP contribution in [0.1, 0.15) is 52.9 Å². The van der Waals surface area contributed by atoms with Crippen molar-refractivity contribution < 1.29 is 31.1 Å². The Balaban J connectivity index is 2.44. The minimum Gasteiger partial charge on any atom is -0.444 e. The molecule has 1 rings (SSSR count). The lowest BCUT2D eigenvalue weighted by molar-refractivity contribution is -0.129. The number of sulfone groups is 1. The third-order valence-electron chi connectivity index (χ3n) is 3.69. The molecule has 1 aliphatic rings. The van der Waals surface area contributed by atoms with E-state index in [4.69, 9.17) is 4.74 Å². The van der Waals surface area contributed by atoms with Gasteiger partial charge in [0.2, 0.25) is 0 Å². The Morgan fingerprint density at radius 3 is 2.38 bits per heavy atom. The van der Waals surface area contributed by atoms with Crippen molar-refractivity contribution in [3.05, 3.63) is 0 Å². The fourth-order valence-corrected chi connectivity index (χ4v) is 3.96. The standard InChI is InChI=1S/C15H26F3NO4S/c1-14(2,3)23-13(20)19-9-4-6-12(19)7-5-10-24(21,22)11-8-15(16,17)18/h12H,4-11H2,1-3H3/t12-/m0/s1. The second-order valence-corrected chi connectivity index (χ2v) is 9.43. The molecule has 0 bridgehead atoms. The van der Waals surface area contributed by atoms with Crippen molar-refractivity contribution in [3.63, 3.8) is 0 Å². The van der Waals surface area contributed by atoms with Gasteiger partial charge in [-0.2, -0.15) is 13.2 Å². The number of alkyl halides is 3. The van der Waals surface area contributed by atoms with Gasteiger partial charge >= 0.3 is 12.3 Å². The molecular formula is C15H26F3NO4S. The molecule has 24 heavy (non-hydrogen) atoms. The maximum absolute atomic E-state index is 12.1. The highest BCUT2D eigenvalue weighted by Gasteiger charge is 2.33. The highest BCUT2D eigenvalue weighted by Crippen LogP contribution is 2.25. The number of carbonyl (C=O) groups excluding carboxylic acids is 1. The number of carbonyl (C=O) groups is 1. The Bertz CT molecular complexity index is 526. The zero-order valence-corrected chi connectivity index (χ0v) is 15.2. The number of halogens is 3. The van der Waals surface area contributed by atoms with E-state index in [0.29, 0.717) is 13.0 Å². The lowest BCUT2D eigenvalue weighted by atomic mass is 10.1. The average molecular weight is 373 g/mol. The zero-order valence-electron chi connectivity index (χ0n) is 14.4. The summed E-state index contributed by atoms with van der Waals surface area (Å²) in [5.74, 6) is -1.17. The van der Waals surface area contributed by atoms with Gasteiger partial charge in [0.1, 0.15) is 5.60 Å². The van der Waals surface area contributed by atoms with Crippen LogP contribution in [0.15, 0.2) is 0 Å². The number of hydrogen-bond acceptors (Lipinski definition) is 4. The second kappa shape index (κ2) is 7.93. The van der Waals surface area contributed by atoms with Crippen molar-refractivity contribution >= 4 is 15.9 Å². The van der Waals surface area contributed by atoms with E-state index < -0.39 is 39.9 Å². The van der Waals surface area contributed by atoms with Gasteiger partial charge in [-0.15, -0.1) is 0 Å². The second-order valence-electron chi connectivity index (χ2n) is 7.13. The average Bonchev–Trinajstić information content (AvgIpc) is 2.82. The molecule has 0 aromatic heterocycles. The molecule has 0 radical (unpaired) electrons. The summed E-state index contributed by atoms with van der Waals surface area (Å²) in [6, 6.07) is -0.113. The monoisotopic (exact) mass is 373 g/mol. The van der Waals surface area contributed by atoms with Crippen molar-refractivity contribution in [2.75, 3.05) is 18.1 Å². The third kappa shape index (κ3) is 8.21. The first-order chi connectivity index (χ1) is 10.8. The quantitative estimate of drug-likeness (QED) is 0.714. The van der Waals surface area contributed by atoms with E-state index in [-0.39, 0.29) is 18.2 Å². The van der Waals surface area contributed by atoms with E-state index in [9.17, 15) is 26.4 Å². The largest absolute Gasteiger partial charge is 0.444 e. The molecule has 0 unspecified atom stereocenters. The summed E-state index contributed by atoms with van der Waals surface area (Å²) in [6.45, 7) is 5.86. The lowest BCUT2D eigenvalue weighted by Crippen LogP contribution is -2.40. The highest BCUT2D eigenvalue weighted by molar-refractivity contribution is 7.91. The van der Waals surface area contributed by atoms with Crippen LogP contribution in [0.4, 0.5) is 18.0 Å². The SMILES string of the molecule is CC(C)(C)OC(=O)N1CCC[C@H]1CCCS(=O)(=O)CCC(F)(F)F. The molecule has 1 heterocycles.